The van der Waals surface area contributed by atoms with E-state index in [0.29, 0.717) is 19.4 Å². The van der Waals surface area contributed by atoms with Gasteiger partial charge in [0.15, 0.2) is 6.23 Å². The van der Waals surface area contributed by atoms with Gasteiger partial charge in [0.1, 0.15) is 6.10 Å². The fraction of sp³-hybridized carbons (Fsp3) is 0.733. The van der Waals surface area contributed by atoms with Gasteiger partial charge in [0, 0.05) is 36.7 Å². The molecule has 1 fully saturated rings. The highest BCUT2D eigenvalue weighted by Gasteiger charge is 2.52. The molecule has 1 aliphatic heterocycles. The molecule has 0 bridgehead atoms. The van der Waals surface area contributed by atoms with Crippen molar-refractivity contribution in [2.45, 2.75) is 51.0 Å². The van der Waals surface area contributed by atoms with Gasteiger partial charge in [-0.1, -0.05) is 19.0 Å². The monoisotopic (exact) mass is 337 g/mol. The Bertz CT molecular complexity index is 723. The van der Waals surface area contributed by atoms with Gasteiger partial charge in [-0.3, -0.25) is 14.3 Å². The third kappa shape index (κ3) is 3.38. The number of hydrogen-bond donors (Lipinski definition) is 1. The lowest BCUT2D eigenvalue weighted by Gasteiger charge is -2.32. The van der Waals surface area contributed by atoms with Gasteiger partial charge in [-0.15, -0.1) is 0 Å². The zero-order valence-electron chi connectivity index (χ0n) is 14.1. The summed E-state index contributed by atoms with van der Waals surface area (Å²) < 4.78 is 13.2. The van der Waals surface area contributed by atoms with E-state index in [0.717, 1.165) is 6.42 Å². The Balaban J connectivity index is 2.31. The summed E-state index contributed by atoms with van der Waals surface area (Å²) in [6.07, 6.45) is 2.60. The first-order chi connectivity index (χ1) is 11.5. The van der Waals surface area contributed by atoms with Gasteiger partial charge in [-0.25, -0.2) is 4.79 Å². The van der Waals surface area contributed by atoms with Crippen LogP contribution in [0.3, 0.4) is 0 Å². The van der Waals surface area contributed by atoms with Gasteiger partial charge in [0.2, 0.25) is 0 Å². The summed E-state index contributed by atoms with van der Waals surface area (Å²) in [5.74, 6) is 0.0300. The molecule has 0 saturated carbocycles. The van der Waals surface area contributed by atoms with Crippen LogP contribution in [0.15, 0.2) is 27.0 Å². The van der Waals surface area contributed by atoms with Gasteiger partial charge in [0.25, 0.3) is 5.56 Å². The Hall–Kier alpha value is -2.09. The van der Waals surface area contributed by atoms with Gasteiger partial charge in [-0.05, 0) is 24.8 Å². The fourth-order valence-electron chi connectivity index (χ4n) is 3.49. The molecular formula is C15H23N5O4. The molecule has 1 N–H and O–H groups in total. The molecule has 9 heteroatoms. The van der Waals surface area contributed by atoms with Crippen molar-refractivity contribution in [1.82, 2.24) is 9.55 Å². The number of H-pyrrole nitrogens is 1. The lowest BCUT2D eigenvalue weighted by molar-refractivity contribution is -0.104. The van der Waals surface area contributed by atoms with Crippen LogP contribution in [-0.2, 0) is 9.47 Å². The van der Waals surface area contributed by atoms with Crippen LogP contribution in [0.1, 0.15) is 39.3 Å². The van der Waals surface area contributed by atoms with Crippen molar-refractivity contribution >= 4 is 0 Å². The van der Waals surface area contributed by atoms with Crippen LogP contribution >= 0.6 is 0 Å². The summed E-state index contributed by atoms with van der Waals surface area (Å²) in [6.45, 7) is 4.45. The van der Waals surface area contributed by atoms with E-state index in [2.05, 4.69) is 15.0 Å². The maximum Gasteiger partial charge on any atom is 0.330 e. The highest BCUT2D eigenvalue weighted by atomic mass is 16.6. The van der Waals surface area contributed by atoms with Crippen LogP contribution in [0.2, 0.25) is 0 Å². The van der Waals surface area contributed by atoms with Crippen molar-refractivity contribution in [1.29, 1.82) is 0 Å². The molecule has 0 amide bonds. The zero-order chi connectivity index (χ0) is 17.7. The second kappa shape index (κ2) is 7.65. The van der Waals surface area contributed by atoms with Crippen LogP contribution < -0.4 is 11.2 Å². The number of methoxy groups -OCH3 is 1. The highest BCUT2D eigenvalue weighted by Crippen LogP contribution is 2.46. The Labute approximate surface area is 139 Å². The molecule has 0 aliphatic carbocycles. The van der Waals surface area contributed by atoms with E-state index in [1.165, 1.54) is 16.8 Å². The Kier molecular flexibility index (Phi) is 5.82. The molecule has 1 unspecified atom stereocenters. The van der Waals surface area contributed by atoms with Crippen molar-refractivity contribution < 1.29 is 9.47 Å². The lowest BCUT2D eigenvalue weighted by Crippen LogP contribution is -2.37. The molecule has 0 spiro atoms. The second-order valence-electron chi connectivity index (χ2n) is 5.99. The van der Waals surface area contributed by atoms with Crippen molar-refractivity contribution in [3.8, 4) is 0 Å². The molecule has 1 aromatic rings. The molecule has 2 rings (SSSR count). The number of nitrogens with zero attached hydrogens (tertiary/aromatic N) is 4. The highest BCUT2D eigenvalue weighted by molar-refractivity contribution is 5.00. The average Bonchev–Trinajstić information content (AvgIpc) is 2.84. The summed E-state index contributed by atoms with van der Waals surface area (Å²) in [4.78, 5) is 28.4. The van der Waals surface area contributed by atoms with Crippen LogP contribution in [0.25, 0.3) is 10.4 Å². The number of rotatable bonds is 7. The molecule has 0 aromatic carbocycles. The minimum absolute atomic E-state index is 0.0300. The second-order valence-corrected chi connectivity index (χ2v) is 5.99. The molecule has 9 nitrogen and oxygen atoms in total. The van der Waals surface area contributed by atoms with E-state index < -0.39 is 23.1 Å². The normalized spacial score (nSPS) is 29.4. The van der Waals surface area contributed by atoms with Gasteiger partial charge < -0.3 is 9.47 Å². The number of aromatic amines is 1. The molecule has 1 aromatic heterocycles. The maximum absolute atomic E-state index is 12.1. The molecule has 2 heterocycles. The van der Waals surface area contributed by atoms with Gasteiger partial charge >= 0.3 is 5.69 Å². The number of hydrogen-bond acceptors (Lipinski definition) is 5. The summed E-state index contributed by atoms with van der Waals surface area (Å²) >= 11 is 0. The first-order valence-corrected chi connectivity index (χ1v) is 8.02. The van der Waals surface area contributed by atoms with Crippen LogP contribution in [0.4, 0.5) is 0 Å². The number of azide groups is 1. The standard InChI is InChI=1S/C15H23N5O4/c1-4-15(7-5-8-17-19-16)10(2)12(23-3)13(24-15)20-9-6-11(21)18-14(20)22/h6,9-10,12-13H,4-5,7-8H2,1-3H3,(H,18,21,22)/t10?,12-,13+,15-/m0/s1. The molecule has 1 saturated heterocycles. The van der Waals surface area contributed by atoms with Crippen molar-refractivity contribution in [3.05, 3.63) is 43.5 Å². The molecular weight excluding hydrogens is 314 g/mol. The van der Waals surface area contributed by atoms with Crippen molar-refractivity contribution in [3.63, 3.8) is 0 Å². The molecule has 132 valence electrons. The Morgan fingerprint density at radius 3 is 2.88 bits per heavy atom. The smallest absolute Gasteiger partial charge is 0.330 e. The summed E-state index contributed by atoms with van der Waals surface area (Å²) in [7, 11) is 1.58. The van der Waals surface area contributed by atoms with E-state index in [9.17, 15) is 9.59 Å². The van der Waals surface area contributed by atoms with E-state index in [4.69, 9.17) is 15.0 Å². The Morgan fingerprint density at radius 2 is 2.29 bits per heavy atom. The number of aromatic nitrogens is 2. The van der Waals surface area contributed by atoms with Crippen LogP contribution in [-0.4, -0.2) is 34.9 Å². The third-order valence-corrected chi connectivity index (χ3v) is 4.88. The van der Waals surface area contributed by atoms with Crippen LogP contribution in [0, 0.1) is 5.92 Å². The summed E-state index contributed by atoms with van der Waals surface area (Å²) in [5.41, 5.74) is 6.94. The first-order valence-electron chi connectivity index (χ1n) is 8.02. The molecule has 24 heavy (non-hydrogen) atoms. The number of nitrogens with one attached hydrogen (secondary N) is 1. The van der Waals surface area contributed by atoms with Gasteiger partial charge in [-0.2, -0.15) is 0 Å². The van der Waals surface area contributed by atoms with E-state index in [1.54, 1.807) is 7.11 Å². The fourth-order valence-corrected chi connectivity index (χ4v) is 3.49. The Morgan fingerprint density at radius 1 is 1.54 bits per heavy atom. The summed E-state index contributed by atoms with van der Waals surface area (Å²) in [6, 6.07) is 1.29. The molecule has 1 aliphatic rings. The quantitative estimate of drug-likeness (QED) is 0.353. The largest absolute Gasteiger partial charge is 0.376 e. The predicted molar refractivity (Wildman–Crippen MR) is 87.7 cm³/mol. The maximum atomic E-state index is 12.1. The first kappa shape index (κ1) is 18.3. The lowest BCUT2D eigenvalue weighted by atomic mass is 9.81. The van der Waals surface area contributed by atoms with E-state index in [-0.39, 0.29) is 12.0 Å². The van der Waals surface area contributed by atoms with Crippen LogP contribution in [0.5, 0.6) is 0 Å². The van der Waals surface area contributed by atoms with Gasteiger partial charge in [0.05, 0.1) is 5.60 Å². The minimum Gasteiger partial charge on any atom is -0.376 e. The van der Waals surface area contributed by atoms with Crippen molar-refractivity contribution in [2.75, 3.05) is 13.7 Å². The van der Waals surface area contributed by atoms with E-state index in [1.807, 2.05) is 13.8 Å². The molecule has 4 atom stereocenters. The third-order valence-electron chi connectivity index (χ3n) is 4.88. The molecule has 0 radical (unpaired) electrons. The van der Waals surface area contributed by atoms with Crippen molar-refractivity contribution in [2.24, 2.45) is 11.0 Å². The number of ether oxygens (including phenoxy) is 2. The van der Waals surface area contributed by atoms with E-state index >= 15 is 0 Å². The SMILES string of the molecule is CC[C@@]1(CCCN=[N+]=[N-])O[C@@H](n2ccc(=O)[nH]c2=O)[C@@H](OC)C1C. The topological polar surface area (TPSA) is 122 Å². The zero-order valence-corrected chi connectivity index (χ0v) is 14.1. The average molecular weight is 337 g/mol. The predicted octanol–water partition coefficient (Wildman–Crippen LogP) is 1.96. The summed E-state index contributed by atoms with van der Waals surface area (Å²) in [5, 5.41) is 3.56. The minimum atomic E-state index is -0.617.